The van der Waals surface area contributed by atoms with Gasteiger partial charge < -0.3 is 4.74 Å². The zero-order valence-electron chi connectivity index (χ0n) is 13.1. The Morgan fingerprint density at radius 1 is 1.32 bits per heavy atom. The first kappa shape index (κ1) is 16.5. The van der Waals surface area contributed by atoms with E-state index < -0.39 is 0 Å². The van der Waals surface area contributed by atoms with Crippen LogP contribution < -0.4 is 0 Å². The van der Waals surface area contributed by atoms with Gasteiger partial charge in [0.15, 0.2) is 0 Å². The van der Waals surface area contributed by atoms with Gasteiger partial charge in [-0.1, -0.05) is 62.9 Å². The average molecular weight is 319 g/mol. The molecule has 118 valence electrons. The van der Waals surface area contributed by atoms with Crippen molar-refractivity contribution in [2.24, 2.45) is 0 Å². The van der Waals surface area contributed by atoms with E-state index in [0.717, 1.165) is 11.4 Å². The fourth-order valence-electron chi connectivity index (χ4n) is 1.82. The number of carbonyl (C=O) groups excluding carboxylic acids is 1. The molecule has 5 nitrogen and oxygen atoms in total. The number of hydrogen-bond acceptors (Lipinski definition) is 5. The molecule has 0 aliphatic carbocycles. The predicted molar refractivity (Wildman–Crippen MR) is 86.6 cm³/mol. The molecule has 1 atom stereocenters. The molecule has 2 rings (SSSR count). The lowest BCUT2D eigenvalue weighted by molar-refractivity contribution is -0.144. The fraction of sp³-hybridized carbons (Fsp3) is 0.438. The number of hydrogen-bond donors (Lipinski definition) is 1. The fourth-order valence-corrected chi connectivity index (χ4v) is 2.65. The minimum absolute atomic E-state index is 0.229. The number of ether oxygens (including phenoxy) is 1. The summed E-state index contributed by atoms with van der Waals surface area (Å²) in [4.78, 5) is 16.6. The van der Waals surface area contributed by atoms with Crippen molar-refractivity contribution in [3.05, 3.63) is 41.7 Å². The molecule has 2 aromatic rings. The standard InChI is InChI=1S/C16H21N3O2S/c1-4-13(22-16-17-14(11(2)3)18-19-16)15(20)21-10-12-8-6-5-7-9-12/h5-9,11,13H,4,10H2,1-3H3,(H,17,18,19). The number of H-pyrrole nitrogens is 1. The third-order valence-corrected chi connectivity index (χ3v) is 4.34. The van der Waals surface area contributed by atoms with Gasteiger partial charge in [0, 0.05) is 5.92 Å². The Bertz CT molecular complexity index is 598. The van der Waals surface area contributed by atoms with Gasteiger partial charge in [0.1, 0.15) is 17.7 Å². The zero-order valence-corrected chi connectivity index (χ0v) is 13.9. The Morgan fingerprint density at radius 3 is 2.64 bits per heavy atom. The Labute approximate surface area is 134 Å². The van der Waals surface area contributed by atoms with Gasteiger partial charge in [-0.3, -0.25) is 9.89 Å². The van der Waals surface area contributed by atoms with E-state index in [4.69, 9.17) is 4.74 Å². The minimum atomic E-state index is -0.292. The number of carbonyl (C=O) groups is 1. The summed E-state index contributed by atoms with van der Waals surface area (Å²) in [6, 6.07) is 9.66. The van der Waals surface area contributed by atoms with E-state index in [1.54, 1.807) is 0 Å². The second-order valence-corrected chi connectivity index (χ2v) is 6.44. The average Bonchev–Trinajstić information content (AvgIpc) is 3.00. The topological polar surface area (TPSA) is 67.9 Å². The number of nitrogens with one attached hydrogen (secondary N) is 1. The van der Waals surface area contributed by atoms with Gasteiger partial charge >= 0.3 is 5.97 Å². The molecule has 0 aliphatic rings. The first-order chi connectivity index (χ1) is 10.6. The largest absolute Gasteiger partial charge is 0.460 e. The first-order valence-corrected chi connectivity index (χ1v) is 8.27. The summed E-state index contributed by atoms with van der Waals surface area (Å²) in [6.07, 6.45) is 0.670. The second-order valence-electron chi connectivity index (χ2n) is 5.27. The number of esters is 1. The molecule has 0 fully saturated rings. The lowest BCUT2D eigenvalue weighted by atomic mass is 10.2. The third kappa shape index (κ3) is 4.59. The first-order valence-electron chi connectivity index (χ1n) is 7.39. The summed E-state index contributed by atoms with van der Waals surface area (Å²) in [6.45, 7) is 6.33. The summed E-state index contributed by atoms with van der Waals surface area (Å²) in [5.41, 5.74) is 0.982. The lowest BCUT2D eigenvalue weighted by Crippen LogP contribution is -2.19. The number of benzene rings is 1. The number of thioether (sulfide) groups is 1. The van der Waals surface area contributed by atoms with Crippen LogP contribution in [0.25, 0.3) is 0 Å². The van der Waals surface area contributed by atoms with E-state index in [0.29, 0.717) is 18.2 Å². The van der Waals surface area contributed by atoms with Gasteiger partial charge in [0.25, 0.3) is 0 Å². The Hall–Kier alpha value is -1.82. The Kier molecular flexibility index (Phi) is 6.00. The van der Waals surface area contributed by atoms with Crippen LogP contribution >= 0.6 is 11.8 Å². The minimum Gasteiger partial charge on any atom is -0.460 e. The molecule has 0 bridgehead atoms. The van der Waals surface area contributed by atoms with Gasteiger partial charge in [0.05, 0.1) is 0 Å². The molecular formula is C16H21N3O2S. The van der Waals surface area contributed by atoms with Crippen LogP contribution in [0.15, 0.2) is 35.5 Å². The number of aromatic nitrogens is 3. The van der Waals surface area contributed by atoms with Crippen LogP contribution in [0.1, 0.15) is 44.5 Å². The van der Waals surface area contributed by atoms with Gasteiger partial charge in [-0.25, -0.2) is 4.98 Å². The monoisotopic (exact) mass is 319 g/mol. The molecule has 0 saturated carbocycles. The molecule has 22 heavy (non-hydrogen) atoms. The molecular weight excluding hydrogens is 298 g/mol. The molecule has 0 spiro atoms. The van der Waals surface area contributed by atoms with Gasteiger partial charge in [0.2, 0.25) is 5.16 Å². The van der Waals surface area contributed by atoms with Crippen LogP contribution in [0, 0.1) is 0 Å². The predicted octanol–water partition coefficient (Wildman–Crippen LogP) is 3.54. The maximum absolute atomic E-state index is 12.2. The van der Waals surface area contributed by atoms with Crippen molar-refractivity contribution in [1.29, 1.82) is 0 Å². The van der Waals surface area contributed by atoms with E-state index in [9.17, 15) is 4.79 Å². The van der Waals surface area contributed by atoms with Crippen LogP contribution in [0.5, 0.6) is 0 Å². The number of rotatable bonds is 7. The molecule has 0 saturated heterocycles. The van der Waals surface area contributed by atoms with Crippen molar-refractivity contribution in [3.63, 3.8) is 0 Å². The highest BCUT2D eigenvalue weighted by Gasteiger charge is 2.22. The van der Waals surface area contributed by atoms with Crippen LogP contribution in [0.2, 0.25) is 0 Å². The Morgan fingerprint density at radius 2 is 2.05 bits per heavy atom. The lowest BCUT2D eigenvalue weighted by Gasteiger charge is -2.12. The summed E-state index contributed by atoms with van der Waals surface area (Å²) >= 11 is 1.34. The zero-order chi connectivity index (χ0) is 15.9. The molecule has 1 unspecified atom stereocenters. The van der Waals surface area contributed by atoms with Crippen molar-refractivity contribution in [3.8, 4) is 0 Å². The highest BCUT2D eigenvalue weighted by Crippen LogP contribution is 2.24. The number of nitrogens with zero attached hydrogens (tertiary/aromatic N) is 2. The normalized spacial score (nSPS) is 12.4. The van der Waals surface area contributed by atoms with Gasteiger partial charge in [-0.2, -0.15) is 0 Å². The molecule has 0 radical (unpaired) electrons. The molecule has 1 N–H and O–H groups in total. The molecule has 1 heterocycles. The van der Waals surface area contributed by atoms with Gasteiger partial charge in [-0.15, -0.1) is 5.10 Å². The highest BCUT2D eigenvalue weighted by molar-refractivity contribution is 8.00. The van der Waals surface area contributed by atoms with E-state index in [-0.39, 0.29) is 17.1 Å². The van der Waals surface area contributed by atoms with Crippen LogP contribution in [-0.4, -0.2) is 26.4 Å². The summed E-state index contributed by atoms with van der Waals surface area (Å²) in [5, 5.41) is 7.34. The molecule has 1 aromatic heterocycles. The van der Waals surface area contributed by atoms with E-state index in [1.807, 2.05) is 51.1 Å². The maximum atomic E-state index is 12.2. The summed E-state index contributed by atoms with van der Waals surface area (Å²) < 4.78 is 5.38. The quantitative estimate of drug-likeness (QED) is 0.624. The Balaban J connectivity index is 1.91. The van der Waals surface area contributed by atoms with Crippen molar-refractivity contribution in [2.75, 3.05) is 0 Å². The highest BCUT2D eigenvalue weighted by atomic mass is 32.2. The van der Waals surface area contributed by atoms with Crippen LogP contribution in [0.3, 0.4) is 0 Å². The second kappa shape index (κ2) is 7.98. The van der Waals surface area contributed by atoms with E-state index in [1.165, 1.54) is 11.8 Å². The summed E-state index contributed by atoms with van der Waals surface area (Å²) in [5.74, 6) is 0.884. The van der Waals surface area contributed by atoms with E-state index in [2.05, 4.69) is 15.2 Å². The maximum Gasteiger partial charge on any atom is 0.319 e. The molecule has 1 aromatic carbocycles. The molecule has 6 heteroatoms. The van der Waals surface area contributed by atoms with Gasteiger partial charge in [-0.05, 0) is 12.0 Å². The number of aromatic amines is 1. The molecule has 0 aliphatic heterocycles. The van der Waals surface area contributed by atoms with E-state index >= 15 is 0 Å². The smallest absolute Gasteiger partial charge is 0.319 e. The molecule has 0 amide bonds. The third-order valence-electron chi connectivity index (χ3n) is 3.13. The van der Waals surface area contributed by atoms with Crippen molar-refractivity contribution in [2.45, 2.75) is 50.1 Å². The van der Waals surface area contributed by atoms with Crippen molar-refractivity contribution in [1.82, 2.24) is 15.2 Å². The van der Waals surface area contributed by atoms with Crippen molar-refractivity contribution >= 4 is 17.7 Å². The summed E-state index contributed by atoms with van der Waals surface area (Å²) in [7, 11) is 0. The van der Waals surface area contributed by atoms with Crippen molar-refractivity contribution < 1.29 is 9.53 Å². The van der Waals surface area contributed by atoms with Crippen LogP contribution in [-0.2, 0) is 16.1 Å². The van der Waals surface area contributed by atoms with Crippen LogP contribution in [0.4, 0.5) is 0 Å². The SMILES string of the molecule is CCC(Sc1n[nH]c(C(C)C)n1)C(=O)OCc1ccccc1.